The van der Waals surface area contributed by atoms with Crippen LogP contribution in [0.15, 0.2) is 0 Å². The zero-order chi connectivity index (χ0) is 13.1. The van der Waals surface area contributed by atoms with Gasteiger partial charge in [-0.3, -0.25) is 4.79 Å². The maximum absolute atomic E-state index is 12.1. The highest BCUT2D eigenvalue weighted by atomic mass is 16.2. The average molecular weight is 241 g/mol. The highest BCUT2D eigenvalue weighted by Gasteiger charge is 2.29. The van der Waals surface area contributed by atoms with Gasteiger partial charge in [0.2, 0.25) is 5.91 Å². The smallest absolute Gasteiger partial charge is 0.225 e. The Hall–Kier alpha value is -0.530. The molecule has 1 N–H and O–H groups in total. The van der Waals surface area contributed by atoms with Crippen molar-refractivity contribution >= 4 is 5.91 Å². The van der Waals surface area contributed by atoms with E-state index in [9.17, 15) is 4.79 Å². The first-order valence-corrected chi connectivity index (χ1v) is 7.39. The van der Waals surface area contributed by atoms with Crippen LogP contribution in [0.2, 0.25) is 0 Å². The van der Waals surface area contributed by atoms with Crippen molar-refractivity contribution in [2.75, 3.05) is 6.54 Å². The zero-order valence-electron chi connectivity index (χ0n) is 12.3. The summed E-state index contributed by atoms with van der Waals surface area (Å²) in [7, 11) is 0. The molecule has 0 radical (unpaired) electrons. The number of amides is 1. The Kier molecular flexibility index (Phi) is 9.20. The van der Waals surface area contributed by atoms with Crippen LogP contribution in [0.3, 0.4) is 0 Å². The first-order valence-electron chi connectivity index (χ1n) is 7.39. The van der Waals surface area contributed by atoms with Gasteiger partial charge in [-0.25, -0.2) is 0 Å². The number of carbonyl (C=O) groups excluding carboxylic acids is 1. The summed E-state index contributed by atoms with van der Waals surface area (Å²) < 4.78 is 0. The molecule has 2 nitrogen and oxygen atoms in total. The summed E-state index contributed by atoms with van der Waals surface area (Å²) in [6, 6.07) is 0. The third kappa shape index (κ3) is 6.70. The van der Waals surface area contributed by atoms with Gasteiger partial charge < -0.3 is 5.32 Å². The number of nitrogens with one attached hydrogen (secondary N) is 1. The minimum Gasteiger partial charge on any atom is -0.356 e. The van der Waals surface area contributed by atoms with Gasteiger partial charge in [0.05, 0.1) is 0 Å². The SMILES string of the molecule is CCCCCCCC(C)(CC)C(=O)NCCC. The van der Waals surface area contributed by atoms with Crippen LogP contribution in [0.1, 0.15) is 79.1 Å². The number of hydrogen-bond donors (Lipinski definition) is 1. The van der Waals surface area contributed by atoms with Crippen molar-refractivity contribution in [1.82, 2.24) is 5.32 Å². The Balaban J connectivity index is 3.95. The fourth-order valence-corrected chi connectivity index (χ4v) is 2.02. The number of hydrogen-bond acceptors (Lipinski definition) is 1. The van der Waals surface area contributed by atoms with Gasteiger partial charge in [0.15, 0.2) is 0 Å². The molecular formula is C15H31NO. The van der Waals surface area contributed by atoms with E-state index in [-0.39, 0.29) is 11.3 Å². The molecule has 17 heavy (non-hydrogen) atoms. The Bertz CT molecular complexity index is 203. The van der Waals surface area contributed by atoms with Crippen molar-refractivity contribution in [3.05, 3.63) is 0 Å². The number of rotatable bonds is 10. The predicted octanol–water partition coefficient (Wildman–Crippen LogP) is 4.29. The molecule has 1 amide bonds. The molecule has 0 fully saturated rings. The summed E-state index contributed by atoms with van der Waals surface area (Å²) in [6.45, 7) is 9.36. The second-order valence-electron chi connectivity index (χ2n) is 5.33. The zero-order valence-corrected chi connectivity index (χ0v) is 12.3. The van der Waals surface area contributed by atoms with Gasteiger partial charge in [0, 0.05) is 12.0 Å². The summed E-state index contributed by atoms with van der Waals surface area (Å²) >= 11 is 0. The molecule has 0 bridgehead atoms. The Morgan fingerprint density at radius 1 is 1.00 bits per heavy atom. The van der Waals surface area contributed by atoms with Crippen molar-refractivity contribution in [3.8, 4) is 0 Å². The molecule has 0 rings (SSSR count). The lowest BCUT2D eigenvalue weighted by Crippen LogP contribution is -2.38. The van der Waals surface area contributed by atoms with Gasteiger partial charge in [0.1, 0.15) is 0 Å². The normalized spacial score (nSPS) is 14.4. The van der Waals surface area contributed by atoms with Crippen LogP contribution in [-0.2, 0) is 4.79 Å². The predicted molar refractivity (Wildman–Crippen MR) is 75.1 cm³/mol. The largest absolute Gasteiger partial charge is 0.356 e. The molecule has 0 aromatic heterocycles. The van der Waals surface area contributed by atoms with E-state index in [4.69, 9.17) is 0 Å². The van der Waals surface area contributed by atoms with E-state index >= 15 is 0 Å². The van der Waals surface area contributed by atoms with Gasteiger partial charge >= 0.3 is 0 Å². The monoisotopic (exact) mass is 241 g/mol. The highest BCUT2D eigenvalue weighted by molar-refractivity contribution is 5.82. The molecule has 0 aromatic carbocycles. The quantitative estimate of drug-likeness (QED) is 0.568. The third-order valence-corrected chi connectivity index (χ3v) is 3.70. The van der Waals surface area contributed by atoms with E-state index in [1.807, 2.05) is 0 Å². The van der Waals surface area contributed by atoms with Crippen LogP contribution in [0.4, 0.5) is 0 Å². The lowest BCUT2D eigenvalue weighted by atomic mass is 9.81. The topological polar surface area (TPSA) is 29.1 Å². The number of carbonyl (C=O) groups is 1. The fourth-order valence-electron chi connectivity index (χ4n) is 2.02. The van der Waals surface area contributed by atoms with Crippen molar-refractivity contribution in [3.63, 3.8) is 0 Å². The molecule has 0 heterocycles. The van der Waals surface area contributed by atoms with Gasteiger partial charge in [-0.15, -0.1) is 0 Å². The lowest BCUT2D eigenvalue weighted by molar-refractivity contribution is -0.130. The molecule has 0 aromatic rings. The van der Waals surface area contributed by atoms with Crippen molar-refractivity contribution in [2.45, 2.75) is 79.1 Å². The summed E-state index contributed by atoms with van der Waals surface area (Å²) in [5, 5.41) is 3.04. The summed E-state index contributed by atoms with van der Waals surface area (Å²) in [5.74, 6) is 0.248. The molecule has 0 aliphatic rings. The Morgan fingerprint density at radius 2 is 1.65 bits per heavy atom. The van der Waals surface area contributed by atoms with Crippen LogP contribution < -0.4 is 5.32 Å². The standard InChI is InChI=1S/C15H31NO/c1-5-8-9-10-11-12-15(4,7-3)14(17)16-13-6-2/h5-13H2,1-4H3,(H,16,17). The maximum Gasteiger partial charge on any atom is 0.225 e. The molecule has 0 aliphatic carbocycles. The maximum atomic E-state index is 12.1. The summed E-state index contributed by atoms with van der Waals surface area (Å²) in [5.41, 5.74) is -0.151. The second-order valence-corrected chi connectivity index (χ2v) is 5.33. The van der Waals surface area contributed by atoms with E-state index in [1.54, 1.807) is 0 Å². The van der Waals surface area contributed by atoms with Crippen LogP contribution in [0.5, 0.6) is 0 Å². The molecular weight excluding hydrogens is 210 g/mol. The molecule has 1 unspecified atom stereocenters. The van der Waals surface area contributed by atoms with Gasteiger partial charge in [-0.1, -0.05) is 59.8 Å². The van der Waals surface area contributed by atoms with E-state index in [0.717, 1.165) is 25.8 Å². The second kappa shape index (κ2) is 9.49. The van der Waals surface area contributed by atoms with Gasteiger partial charge in [-0.2, -0.15) is 0 Å². The first kappa shape index (κ1) is 16.5. The van der Waals surface area contributed by atoms with E-state index < -0.39 is 0 Å². The lowest BCUT2D eigenvalue weighted by Gasteiger charge is -2.27. The summed E-state index contributed by atoms with van der Waals surface area (Å²) in [4.78, 5) is 12.1. The van der Waals surface area contributed by atoms with Crippen molar-refractivity contribution in [1.29, 1.82) is 0 Å². The van der Waals surface area contributed by atoms with Gasteiger partial charge in [-0.05, 0) is 19.3 Å². The molecule has 0 aliphatic heterocycles. The molecule has 0 spiro atoms. The molecule has 0 saturated heterocycles. The highest BCUT2D eigenvalue weighted by Crippen LogP contribution is 2.28. The summed E-state index contributed by atoms with van der Waals surface area (Å²) in [6.07, 6.45) is 9.36. The van der Waals surface area contributed by atoms with E-state index in [2.05, 4.69) is 33.0 Å². The fraction of sp³-hybridized carbons (Fsp3) is 0.933. The van der Waals surface area contributed by atoms with Crippen LogP contribution in [-0.4, -0.2) is 12.5 Å². The Labute approximate surface area is 108 Å². The van der Waals surface area contributed by atoms with Crippen molar-refractivity contribution in [2.24, 2.45) is 5.41 Å². The van der Waals surface area contributed by atoms with Gasteiger partial charge in [0.25, 0.3) is 0 Å². The first-order chi connectivity index (χ1) is 8.10. The van der Waals surface area contributed by atoms with Crippen molar-refractivity contribution < 1.29 is 4.79 Å². The molecule has 102 valence electrons. The minimum atomic E-state index is -0.151. The molecule has 2 heteroatoms. The Morgan fingerprint density at radius 3 is 2.18 bits per heavy atom. The minimum absolute atomic E-state index is 0.151. The van der Waals surface area contributed by atoms with Crippen LogP contribution in [0.25, 0.3) is 0 Å². The van der Waals surface area contributed by atoms with Crippen LogP contribution >= 0.6 is 0 Å². The average Bonchev–Trinajstić information content (AvgIpc) is 2.35. The van der Waals surface area contributed by atoms with E-state index in [1.165, 1.54) is 32.1 Å². The third-order valence-electron chi connectivity index (χ3n) is 3.70. The molecule has 1 atom stereocenters. The molecule has 0 saturated carbocycles. The van der Waals surface area contributed by atoms with Crippen LogP contribution in [0, 0.1) is 5.41 Å². The number of unbranched alkanes of at least 4 members (excludes halogenated alkanes) is 4. The van der Waals surface area contributed by atoms with E-state index in [0.29, 0.717) is 0 Å².